The second-order valence-electron chi connectivity index (χ2n) is 2.37. The van der Waals surface area contributed by atoms with Crippen molar-refractivity contribution in [3.05, 3.63) is 36.9 Å². The van der Waals surface area contributed by atoms with Gasteiger partial charge in [-0.25, -0.2) is 0 Å². The highest BCUT2D eigenvalue weighted by atomic mass is 32.2. The summed E-state index contributed by atoms with van der Waals surface area (Å²) in [7, 11) is 0. The molecule has 0 aliphatic heterocycles. The Bertz CT molecular complexity index is 258. The summed E-state index contributed by atoms with van der Waals surface area (Å²) in [5.41, 5.74) is 1.19. The van der Waals surface area contributed by atoms with Crippen LogP contribution in [0.15, 0.2) is 41.8 Å². The van der Waals surface area contributed by atoms with Gasteiger partial charge in [-0.05, 0) is 18.4 Å². The Hall–Kier alpha value is -0.890. The SMILES string of the molecule is C=CCNc1ccccc1SC. The van der Waals surface area contributed by atoms with Gasteiger partial charge in [0, 0.05) is 17.1 Å². The molecule has 2 heteroatoms. The number of benzene rings is 1. The van der Waals surface area contributed by atoms with E-state index in [1.807, 2.05) is 18.2 Å². The van der Waals surface area contributed by atoms with E-state index in [1.165, 1.54) is 10.6 Å². The van der Waals surface area contributed by atoms with Crippen molar-refractivity contribution < 1.29 is 0 Å². The van der Waals surface area contributed by atoms with Gasteiger partial charge in [0.2, 0.25) is 0 Å². The lowest BCUT2D eigenvalue weighted by atomic mass is 10.3. The van der Waals surface area contributed by atoms with Crippen molar-refractivity contribution in [2.24, 2.45) is 0 Å². The highest BCUT2D eigenvalue weighted by Gasteiger charge is 1.96. The number of para-hydroxylation sites is 1. The number of anilines is 1. The molecule has 64 valence electrons. The van der Waals surface area contributed by atoms with Gasteiger partial charge in [0.25, 0.3) is 0 Å². The molecule has 0 aliphatic carbocycles. The zero-order valence-electron chi connectivity index (χ0n) is 7.21. The highest BCUT2D eigenvalue weighted by molar-refractivity contribution is 7.98. The average molecular weight is 179 g/mol. The molecule has 1 aromatic carbocycles. The van der Waals surface area contributed by atoms with Crippen LogP contribution in [0.3, 0.4) is 0 Å². The first-order valence-corrected chi connectivity index (χ1v) is 5.08. The third-order valence-electron chi connectivity index (χ3n) is 1.54. The largest absolute Gasteiger partial charge is 0.381 e. The van der Waals surface area contributed by atoms with E-state index in [4.69, 9.17) is 0 Å². The summed E-state index contributed by atoms with van der Waals surface area (Å²) >= 11 is 1.75. The molecular formula is C10H13NS. The molecule has 0 radical (unpaired) electrons. The Labute approximate surface area is 77.9 Å². The summed E-state index contributed by atoms with van der Waals surface area (Å²) < 4.78 is 0. The standard InChI is InChI=1S/C10H13NS/c1-3-8-11-9-6-4-5-7-10(9)12-2/h3-7,11H,1,8H2,2H3. The summed E-state index contributed by atoms with van der Waals surface area (Å²) in [6, 6.07) is 8.27. The highest BCUT2D eigenvalue weighted by Crippen LogP contribution is 2.24. The topological polar surface area (TPSA) is 12.0 Å². The van der Waals surface area contributed by atoms with Gasteiger partial charge in [-0.3, -0.25) is 0 Å². The van der Waals surface area contributed by atoms with Crippen molar-refractivity contribution in [1.82, 2.24) is 0 Å². The summed E-state index contributed by atoms with van der Waals surface area (Å²) in [6.45, 7) is 4.48. The van der Waals surface area contributed by atoms with Gasteiger partial charge in [0.15, 0.2) is 0 Å². The van der Waals surface area contributed by atoms with Gasteiger partial charge in [-0.15, -0.1) is 18.3 Å². The molecule has 1 N–H and O–H groups in total. The maximum absolute atomic E-state index is 3.66. The third kappa shape index (κ3) is 2.31. The predicted octanol–water partition coefficient (Wildman–Crippen LogP) is 3.01. The molecule has 0 amide bonds. The van der Waals surface area contributed by atoms with Gasteiger partial charge in [-0.1, -0.05) is 18.2 Å². The quantitative estimate of drug-likeness (QED) is 0.563. The van der Waals surface area contributed by atoms with E-state index in [0.29, 0.717) is 0 Å². The molecule has 0 saturated carbocycles. The molecule has 0 aliphatic rings. The van der Waals surface area contributed by atoms with Crippen LogP contribution >= 0.6 is 11.8 Å². The summed E-state index contributed by atoms with van der Waals surface area (Å²) in [5, 5.41) is 3.27. The molecule has 0 spiro atoms. The van der Waals surface area contributed by atoms with Crippen LogP contribution in [0.2, 0.25) is 0 Å². The van der Waals surface area contributed by atoms with Gasteiger partial charge in [-0.2, -0.15) is 0 Å². The summed E-state index contributed by atoms with van der Waals surface area (Å²) in [5.74, 6) is 0. The van der Waals surface area contributed by atoms with E-state index >= 15 is 0 Å². The van der Waals surface area contributed by atoms with Crippen LogP contribution in [0.5, 0.6) is 0 Å². The lowest BCUT2D eigenvalue weighted by Gasteiger charge is -2.07. The molecule has 0 fully saturated rings. The lowest BCUT2D eigenvalue weighted by Crippen LogP contribution is -1.98. The first kappa shape index (κ1) is 9.20. The fourth-order valence-corrected chi connectivity index (χ4v) is 1.55. The van der Waals surface area contributed by atoms with Crippen LogP contribution < -0.4 is 5.32 Å². The Morgan fingerprint density at radius 2 is 2.25 bits per heavy atom. The van der Waals surface area contributed by atoms with E-state index in [9.17, 15) is 0 Å². The average Bonchev–Trinajstić information content (AvgIpc) is 2.15. The van der Waals surface area contributed by atoms with Crippen molar-refractivity contribution in [2.75, 3.05) is 18.1 Å². The van der Waals surface area contributed by atoms with E-state index in [1.54, 1.807) is 11.8 Å². The fraction of sp³-hybridized carbons (Fsp3) is 0.200. The van der Waals surface area contributed by atoms with Crippen molar-refractivity contribution in [1.29, 1.82) is 0 Å². The first-order valence-electron chi connectivity index (χ1n) is 3.86. The lowest BCUT2D eigenvalue weighted by molar-refractivity contribution is 1.29. The van der Waals surface area contributed by atoms with Crippen LogP contribution in [-0.2, 0) is 0 Å². The molecule has 0 unspecified atom stereocenters. The zero-order valence-corrected chi connectivity index (χ0v) is 8.03. The van der Waals surface area contributed by atoms with Crippen LogP contribution in [0.1, 0.15) is 0 Å². The smallest absolute Gasteiger partial charge is 0.0480 e. The molecule has 0 aromatic heterocycles. The van der Waals surface area contributed by atoms with E-state index < -0.39 is 0 Å². The van der Waals surface area contributed by atoms with Crippen LogP contribution in [0.25, 0.3) is 0 Å². The number of hydrogen-bond acceptors (Lipinski definition) is 2. The molecular weight excluding hydrogens is 166 g/mol. The second kappa shape index (κ2) is 4.88. The molecule has 1 rings (SSSR count). The normalized spacial score (nSPS) is 9.42. The van der Waals surface area contributed by atoms with Gasteiger partial charge in [0.05, 0.1) is 0 Å². The van der Waals surface area contributed by atoms with E-state index in [-0.39, 0.29) is 0 Å². The minimum Gasteiger partial charge on any atom is -0.381 e. The summed E-state index contributed by atoms with van der Waals surface area (Å²) in [6.07, 6.45) is 3.94. The van der Waals surface area contributed by atoms with Gasteiger partial charge in [0.1, 0.15) is 0 Å². The first-order chi connectivity index (χ1) is 5.88. The van der Waals surface area contributed by atoms with Crippen molar-refractivity contribution in [2.45, 2.75) is 4.90 Å². The Morgan fingerprint density at radius 3 is 2.92 bits per heavy atom. The van der Waals surface area contributed by atoms with Crippen LogP contribution in [-0.4, -0.2) is 12.8 Å². The van der Waals surface area contributed by atoms with Crippen LogP contribution in [0, 0.1) is 0 Å². The summed E-state index contributed by atoms with van der Waals surface area (Å²) in [4.78, 5) is 1.28. The molecule has 0 bridgehead atoms. The fourth-order valence-electron chi connectivity index (χ4n) is 0.973. The van der Waals surface area contributed by atoms with Crippen molar-refractivity contribution in [3.8, 4) is 0 Å². The molecule has 1 nitrogen and oxygen atoms in total. The molecule has 0 saturated heterocycles. The van der Waals surface area contributed by atoms with Crippen molar-refractivity contribution >= 4 is 17.4 Å². The third-order valence-corrected chi connectivity index (χ3v) is 2.34. The second-order valence-corrected chi connectivity index (χ2v) is 3.22. The van der Waals surface area contributed by atoms with E-state index in [0.717, 1.165) is 6.54 Å². The van der Waals surface area contributed by atoms with Gasteiger partial charge < -0.3 is 5.32 Å². The maximum atomic E-state index is 3.66. The maximum Gasteiger partial charge on any atom is 0.0480 e. The van der Waals surface area contributed by atoms with E-state index in [2.05, 4.69) is 30.3 Å². The molecule has 0 heterocycles. The Balaban J connectivity index is 2.74. The number of nitrogens with one attached hydrogen (secondary N) is 1. The number of hydrogen-bond donors (Lipinski definition) is 1. The zero-order chi connectivity index (χ0) is 8.81. The van der Waals surface area contributed by atoms with Crippen molar-refractivity contribution in [3.63, 3.8) is 0 Å². The molecule has 12 heavy (non-hydrogen) atoms. The molecule has 0 atom stereocenters. The Morgan fingerprint density at radius 1 is 1.50 bits per heavy atom. The Kier molecular flexibility index (Phi) is 3.74. The van der Waals surface area contributed by atoms with Crippen LogP contribution in [0.4, 0.5) is 5.69 Å². The number of rotatable bonds is 4. The monoisotopic (exact) mass is 179 g/mol. The number of thioether (sulfide) groups is 1. The minimum atomic E-state index is 0.817. The van der Waals surface area contributed by atoms with Gasteiger partial charge >= 0.3 is 0 Å². The predicted molar refractivity (Wildman–Crippen MR) is 56.9 cm³/mol. The minimum absolute atomic E-state index is 0.817. The molecule has 1 aromatic rings.